The molecule has 2 heteroatoms. The van der Waals surface area contributed by atoms with Crippen molar-refractivity contribution >= 4 is 60.5 Å². The lowest BCUT2D eigenvalue weighted by Gasteiger charge is -2.28. The molecule has 0 saturated heterocycles. The van der Waals surface area contributed by atoms with Crippen molar-refractivity contribution in [3.05, 3.63) is 200 Å². The summed E-state index contributed by atoms with van der Waals surface area (Å²) in [7, 11) is 0. The van der Waals surface area contributed by atoms with Crippen molar-refractivity contribution in [2.45, 2.75) is 0 Å². The lowest BCUT2D eigenvalue weighted by Crippen LogP contribution is -2.11. The smallest absolute Gasteiger partial charge is 0.145 e. The lowest BCUT2D eigenvalue weighted by atomic mass is 9.96. The van der Waals surface area contributed by atoms with E-state index in [0.717, 1.165) is 50.1 Å². The zero-order chi connectivity index (χ0) is 34.4. The van der Waals surface area contributed by atoms with Gasteiger partial charge in [-0.3, -0.25) is 0 Å². The van der Waals surface area contributed by atoms with Crippen LogP contribution in [0, 0.1) is 0 Å². The Morgan fingerprint density at radius 2 is 0.923 bits per heavy atom. The number of para-hydroxylation sites is 1. The third kappa shape index (κ3) is 5.04. The van der Waals surface area contributed by atoms with Gasteiger partial charge in [0, 0.05) is 22.0 Å². The summed E-state index contributed by atoms with van der Waals surface area (Å²) in [6.07, 6.45) is 0. The molecule has 244 valence electrons. The first-order chi connectivity index (χ1) is 25.8. The summed E-state index contributed by atoms with van der Waals surface area (Å²) in [5.74, 6) is 0. The van der Waals surface area contributed by atoms with Crippen LogP contribution in [0.3, 0.4) is 0 Å². The van der Waals surface area contributed by atoms with Gasteiger partial charge in [0.25, 0.3) is 0 Å². The average Bonchev–Trinajstić information content (AvgIpc) is 3.62. The van der Waals surface area contributed by atoms with Crippen molar-refractivity contribution in [1.82, 2.24) is 0 Å². The maximum Gasteiger partial charge on any atom is 0.145 e. The molecule has 0 unspecified atom stereocenters. The van der Waals surface area contributed by atoms with Crippen LogP contribution in [0.2, 0.25) is 0 Å². The first-order valence-electron chi connectivity index (χ1n) is 17.8. The van der Waals surface area contributed by atoms with E-state index in [2.05, 4.69) is 199 Å². The van der Waals surface area contributed by atoms with Crippen LogP contribution in [0.5, 0.6) is 0 Å². The number of fused-ring (bicyclic) bond motifs is 6. The fourth-order valence-corrected chi connectivity index (χ4v) is 7.79. The highest BCUT2D eigenvalue weighted by Crippen LogP contribution is 2.48. The monoisotopic (exact) mass is 663 g/mol. The van der Waals surface area contributed by atoms with E-state index in [1.54, 1.807) is 0 Å². The molecule has 9 aromatic carbocycles. The minimum absolute atomic E-state index is 0.874. The van der Waals surface area contributed by atoms with Gasteiger partial charge >= 0.3 is 0 Å². The van der Waals surface area contributed by atoms with E-state index in [0.29, 0.717) is 0 Å². The molecule has 0 atom stereocenters. The molecule has 0 bridgehead atoms. The molecule has 0 N–H and O–H groups in total. The Labute approximate surface area is 302 Å². The van der Waals surface area contributed by atoms with E-state index in [1.807, 2.05) is 6.07 Å². The maximum absolute atomic E-state index is 6.76. The largest absolute Gasteiger partial charge is 0.455 e. The molecule has 0 fully saturated rings. The molecule has 0 amide bonds. The fourth-order valence-electron chi connectivity index (χ4n) is 7.79. The molecular formula is C50H33NO. The normalized spacial score (nSPS) is 11.5. The Bertz CT molecular complexity index is 2890. The van der Waals surface area contributed by atoms with E-state index in [9.17, 15) is 0 Å². The molecule has 0 spiro atoms. The average molecular weight is 664 g/mol. The highest BCUT2D eigenvalue weighted by molar-refractivity contribution is 6.20. The summed E-state index contributed by atoms with van der Waals surface area (Å²) < 4.78 is 6.76. The molecule has 0 aliphatic carbocycles. The Morgan fingerprint density at radius 1 is 0.346 bits per heavy atom. The third-order valence-corrected chi connectivity index (χ3v) is 10.2. The third-order valence-electron chi connectivity index (χ3n) is 10.2. The Balaban J connectivity index is 1.22. The summed E-state index contributed by atoms with van der Waals surface area (Å²) in [6.45, 7) is 0. The van der Waals surface area contributed by atoms with Crippen LogP contribution in [0.4, 0.5) is 17.1 Å². The molecule has 1 heterocycles. The van der Waals surface area contributed by atoms with Crippen molar-refractivity contribution in [3.8, 4) is 33.4 Å². The van der Waals surface area contributed by atoms with Gasteiger partial charge in [0.05, 0.1) is 16.8 Å². The van der Waals surface area contributed by atoms with E-state index in [-0.39, 0.29) is 0 Å². The number of anilines is 3. The van der Waals surface area contributed by atoms with E-state index in [4.69, 9.17) is 4.42 Å². The first-order valence-corrected chi connectivity index (χ1v) is 17.8. The highest BCUT2D eigenvalue weighted by Gasteiger charge is 2.24. The van der Waals surface area contributed by atoms with Crippen molar-refractivity contribution < 1.29 is 4.42 Å². The second-order valence-corrected chi connectivity index (χ2v) is 13.3. The van der Waals surface area contributed by atoms with Gasteiger partial charge < -0.3 is 9.32 Å². The van der Waals surface area contributed by atoms with Gasteiger partial charge in [-0.25, -0.2) is 0 Å². The molecule has 1 aromatic heterocycles. The summed E-state index contributed by atoms with van der Waals surface area (Å²) in [5.41, 5.74) is 12.0. The number of hydrogen-bond donors (Lipinski definition) is 0. The Kier molecular flexibility index (Phi) is 7.18. The number of nitrogens with zero attached hydrogens (tertiary/aromatic N) is 1. The SMILES string of the molecule is c1ccc(-c2cccc(-c3ccc(N(c4cccc5ccc6ccccc6c45)c4ccc(-c5ccccc5)c5oc6ccccc6c45)cc3)c2)cc1. The highest BCUT2D eigenvalue weighted by atomic mass is 16.3. The number of hydrogen-bond acceptors (Lipinski definition) is 2. The second-order valence-electron chi connectivity index (χ2n) is 13.3. The van der Waals surface area contributed by atoms with Crippen LogP contribution in [-0.4, -0.2) is 0 Å². The zero-order valence-corrected chi connectivity index (χ0v) is 28.4. The Hall–Kier alpha value is -6.90. The number of rotatable bonds is 6. The molecule has 10 rings (SSSR count). The lowest BCUT2D eigenvalue weighted by molar-refractivity contribution is 0.670. The topological polar surface area (TPSA) is 16.4 Å². The summed E-state index contributed by atoms with van der Waals surface area (Å²) >= 11 is 0. The molecule has 52 heavy (non-hydrogen) atoms. The molecular weight excluding hydrogens is 631 g/mol. The maximum atomic E-state index is 6.76. The van der Waals surface area contributed by atoms with Crippen LogP contribution >= 0.6 is 0 Å². The van der Waals surface area contributed by atoms with Crippen molar-refractivity contribution in [2.24, 2.45) is 0 Å². The molecule has 0 saturated carbocycles. The summed E-state index contributed by atoms with van der Waals surface area (Å²) in [4.78, 5) is 2.43. The fraction of sp³-hybridized carbons (Fsp3) is 0. The van der Waals surface area contributed by atoms with Gasteiger partial charge in [-0.05, 0) is 86.4 Å². The van der Waals surface area contributed by atoms with Crippen LogP contribution in [0.1, 0.15) is 0 Å². The Morgan fingerprint density at radius 3 is 1.71 bits per heavy atom. The van der Waals surface area contributed by atoms with E-state index < -0.39 is 0 Å². The van der Waals surface area contributed by atoms with Gasteiger partial charge in [-0.2, -0.15) is 0 Å². The van der Waals surface area contributed by atoms with Crippen molar-refractivity contribution in [2.75, 3.05) is 4.90 Å². The molecule has 2 nitrogen and oxygen atoms in total. The minimum Gasteiger partial charge on any atom is -0.455 e. The van der Waals surface area contributed by atoms with Crippen LogP contribution in [0.25, 0.3) is 76.9 Å². The summed E-state index contributed by atoms with van der Waals surface area (Å²) in [6, 6.07) is 71.6. The quantitative estimate of drug-likeness (QED) is 0.165. The van der Waals surface area contributed by atoms with Gasteiger partial charge in [-0.1, -0.05) is 158 Å². The number of benzene rings is 9. The molecule has 0 radical (unpaired) electrons. The minimum atomic E-state index is 0.874. The molecule has 0 aliphatic heterocycles. The van der Waals surface area contributed by atoms with Crippen LogP contribution < -0.4 is 4.90 Å². The molecule has 0 aliphatic rings. The van der Waals surface area contributed by atoms with Crippen molar-refractivity contribution in [3.63, 3.8) is 0 Å². The molecule has 10 aromatic rings. The standard InChI is InChI=1S/C50H33NO/c1-3-13-34(14-4-1)39-19-11-20-40(33-39)35-27-29-41(30-28-35)51(45-23-12-18-38-26-25-37-17-7-8-21-42(37)48(38)45)46-32-31-43(36-15-5-2-6-16-36)50-49(46)44-22-9-10-24-47(44)52-50/h1-33H. The van der Waals surface area contributed by atoms with Gasteiger partial charge in [0.2, 0.25) is 0 Å². The summed E-state index contributed by atoms with van der Waals surface area (Å²) in [5, 5.41) is 7.04. The van der Waals surface area contributed by atoms with Gasteiger partial charge in [0.15, 0.2) is 0 Å². The first kappa shape index (κ1) is 30.0. The van der Waals surface area contributed by atoms with Gasteiger partial charge in [0.1, 0.15) is 11.2 Å². The number of furan rings is 1. The van der Waals surface area contributed by atoms with Crippen LogP contribution in [0.15, 0.2) is 205 Å². The van der Waals surface area contributed by atoms with E-state index >= 15 is 0 Å². The van der Waals surface area contributed by atoms with E-state index in [1.165, 1.54) is 43.8 Å². The zero-order valence-electron chi connectivity index (χ0n) is 28.4. The van der Waals surface area contributed by atoms with Crippen LogP contribution in [-0.2, 0) is 0 Å². The van der Waals surface area contributed by atoms with Gasteiger partial charge in [-0.15, -0.1) is 0 Å². The predicted molar refractivity (Wildman–Crippen MR) is 220 cm³/mol. The van der Waals surface area contributed by atoms with Crippen molar-refractivity contribution in [1.29, 1.82) is 0 Å². The predicted octanol–water partition coefficient (Wildman–Crippen LogP) is 14.4. The second kappa shape index (κ2) is 12.5.